The highest BCUT2D eigenvalue weighted by molar-refractivity contribution is 7.90. The van der Waals surface area contributed by atoms with Gasteiger partial charge in [-0.15, -0.1) is 0 Å². The average molecular weight is 318 g/mol. The number of aromatic carboxylic acids is 1. The molecule has 10 heteroatoms. The lowest BCUT2D eigenvalue weighted by Gasteiger charge is -2.07. The van der Waals surface area contributed by atoms with Gasteiger partial charge in [0.2, 0.25) is 0 Å². The molecule has 0 saturated heterocycles. The van der Waals surface area contributed by atoms with Crippen molar-refractivity contribution in [2.75, 3.05) is 25.1 Å². The van der Waals surface area contributed by atoms with E-state index in [-0.39, 0.29) is 18.0 Å². The summed E-state index contributed by atoms with van der Waals surface area (Å²) in [5.74, 6) is -1.08. The highest BCUT2D eigenvalue weighted by atomic mass is 32.2. The Kier molecular flexibility index (Phi) is 6.15. The Labute approximate surface area is 122 Å². The number of hydrogen-bond donors (Lipinski definition) is 3. The van der Waals surface area contributed by atoms with E-state index in [9.17, 15) is 18.0 Å². The Morgan fingerprint density at radius 2 is 2.00 bits per heavy atom. The van der Waals surface area contributed by atoms with Crippen LogP contribution in [0.2, 0.25) is 0 Å². The molecule has 1 aromatic rings. The van der Waals surface area contributed by atoms with Crippen LogP contribution in [0.15, 0.2) is 12.5 Å². The normalized spacial score (nSPS) is 11.1. The van der Waals surface area contributed by atoms with E-state index in [0.29, 0.717) is 19.5 Å². The molecule has 0 bridgehead atoms. The molecule has 0 unspecified atom stereocenters. The minimum atomic E-state index is -3.01. The second-order valence-corrected chi connectivity index (χ2v) is 6.73. The average Bonchev–Trinajstić information content (AvgIpc) is 2.82. The third-order valence-electron chi connectivity index (χ3n) is 2.49. The standard InChI is InChI=1S/C11H18N4O5S/c1-21(19,20)6-2-3-12-11(18)13-4-5-15-7-9(10(16)17)14-8-15/h7-8H,2-6H2,1H3,(H,16,17)(H2,12,13,18). The third-order valence-corrected chi connectivity index (χ3v) is 3.52. The first kappa shape index (κ1) is 17.0. The van der Waals surface area contributed by atoms with Gasteiger partial charge in [0.25, 0.3) is 0 Å². The molecule has 3 N–H and O–H groups in total. The number of carboxylic acid groups (broad SMARTS) is 1. The first-order chi connectivity index (χ1) is 9.78. The summed E-state index contributed by atoms with van der Waals surface area (Å²) < 4.78 is 23.3. The fourth-order valence-corrected chi connectivity index (χ4v) is 2.16. The van der Waals surface area contributed by atoms with E-state index in [1.165, 1.54) is 12.5 Å². The minimum Gasteiger partial charge on any atom is -0.476 e. The highest BCUT2D eigenvalue weighted by Crippen LogP contribution is 1.95. The van der Waals surface area contributed by atoms with Crippen LogP contribution in [0, 0.1) is 0 Å². The van der Waals surface area contributed by atoms with Gasteiger partial charge in [-0.1, -0.05) is 0 Å². The van der Waals surface area contributed by atoms with E-state index in [1.807, 2.05) is 0 Å². The van der Waals surface area contributed by atoms with Gasteiger partial charge in [0, 0.05) is 32.1 Å². The van der Waals surface area contributed by atoms with E-state index in [1.54, 1.807) is 4.57 Å². The van der Waals surface area contributed by atoms with Crippen molar-refractivity contribution in [3.05, 3.63) is 18.2 Å². The number of imidazole rings is 1. The number of nitrogens with one attached hydrogen (secondary N) is 2. The maximum Gasteiger partial charge on any atom is 0.356 e. The van der Waals surface area contributed by atoms with Crippen molar-refractivity contribution in [2.24, 2.45) is 0 Å². The number of carboxylic acids is 1. The molecule has 2 amide bonds. The number of sulfone groups is 1. The summed E-state index contributed by atoms with van der Waals surface area (Å²) in [5.41, 5.74) is -0.0553. The zero-order valence-corrected chi connectivity index (χ0v) is 12.4. The number of amides is 2. The molecule has 9 nitrogen and oxygen atoms in total. The zero-order valence-electron chi connectivity index (χ0n) is 11.6. The molecule has 0 aliphatic rings. The van der Waals surface area contributed by atoms with Gasteiger partial charge >= 0.3 is 12.0 Å². The number of carbonyl (C=O) groups is 2. The van der Waals surface area contributed by atoms with Crippen molar-refractivity contribution in [2.45, 2.75) is 13.0 Å². The first-order valence-corrected chi connectivity index (χ1v) is 8.28. The first-order valence-electron chi connectivity index (χ1n) is 6.22. The van der Waals surface area contributed by atoms with Crippen LogP contribution in [-0.4, -0.2) is 60.2 Å². The summed E-state index contributed by atoms with van der Waals surface area (Å²) in [5, 5.41) is 13.8. The van der Waals surface area contributed by atoms with Gasteiger partial charge in [0.15, 0.2) is 5.69 Å². The van der Waals surface area contributed by atoms with E-state index in [4.69, 9.17) is 5.11 Å². The van der Waals surface area contributed by atoms with Crippen molar-refractivity contribution in [1.29, 1.82) is 0 Å². The van der Waals surface area contributed by atoms with Crippen LogP contribution >= 0.6 is 0 Å². The van der Waals surface area contributed by atoms with Crippen LogP contribution in [0.5, 0.6) is 0 Å². The van der Waals surface area contributed by atoms with E-state index in [2.05, 4.69) is 15.6 Å². The number of hydrogen-bond acceptors (Lipinski definition) is 5. The van der Waals surface area contributed by atoms with E-state index < -0.39 is 21.8 Å². The molecule has 0 saturated carbocycles. The van der Waals surface area contributed by atoms with Gasteiger partial charge in [-0.3, -0.25) is 0 Å². The fourth-order valence-electron chi connectivity index (χ4n) is 1.49. The van der Waals surface area contributed by atoms with E-state index >= 15 is 0 Å². The third kappa shape index (κ3) is 7.30. The fraction of sp³-hybridized carbons (Fsp3) is 0.545. The van der Waals surface area contributed by atoms with Crippen LogP contribution in [-0.2, 0) is 16.4 Å². The quantitative estimate of drug-likeness (QED) is 0.544. The Morgan fingerprint density at radius 3 is 2.57 bits per heavy atom. The summed E-state index contributed by atoms with van der Waals surface area (Å²) >= 11 is 0. The second kappa shape index (κ2) is 7.62. The monoisotopic (exact) mass is 318 g/mol. The van der Waals surface area contributed by atoms with Crippen molar-refractivity contribution in [3.63, 3.8) is 0 Å². The second-order valence-electron chi connectivity index (χ2n) is 4.47. The van der Waals surface area contributed by atoms with E-state index in [0.717, 1.165) is 6.26 Å². The van der Waals surface area contributed by atoms with Crippen molar-refractivity contribution in [1.82, 2.24) is 20.2 Å². The molecule has 118 valence electrons. The molecule has 1 aromatic heterocycles. The molecule has 21 heavy (non-hydrogen) atoms. The van der Waals surface area contributed by atoms with Crippen LogP contribution < -0.4 is 10.6 Å². The Hall–Kier alpha value is -2.10. The van der Waals surface area contributed by atoms with Gasteiger partial charge in [-0.25, -0.2) is 23.0 Å². The van der Waals surface area contributed by atoms with Gasteiger partial charge in [-0.2, -0.15) is 0 Å². The Morgan fingerprint density at radius 1 is 1.33 bits per heavy atom. The van der Waals surface area contributed by atoms with Gasteiger partial charge < -0.3 is 20.3 Å². The molecule has 0 aliphatic carbocycles. The van der Waals surface area contributed by atoms with Gasteiger partial charge in [0.05, 0.1) is 12.1 Å². The molecule has 0 fully saturated rings. The lowest BCUT2D eigenvalue weighted by molar-refractivity contribution is 0.0691. The summed E-state index contributed by atoms with van der Waals surface area (Å²) in [7, 11) is -3.01. The largest absolute Gasteiger partial charge is 0.476 e. The molecule has 0 aromatic carbocycles. The zero-order chi connectivity index (χ0) is 15.9. The number of urea groups is 1. The SMILES string of the molecule is CS(=O)(=O)CCCNC(=O)NCCn1cnc(C(=O)O)c1. The highest BCUT2D eigenvalue weighted by Gasteiger charge is 2.06. The number of rotatable bonds is 8. The predicted octanol–water partition coefficient (Wildman–Crippen LogP) is -0.685. The Bertz CT molecular complexity index is 596. The molecular weight excluding hydrogens is 300 g/mol. The molecule has 0 radical (unpaired) electrons. The van der Waals surface area contributed by atoms with Crippen molar-refractivity contribution >= 4 is 21.8 Å². The summed E-state index contributed by atoms with van der Waals surface area (Å²) in [6.45, 7) is 0.956. The number of aromatic nitrogens is 2. The summed E-state index contributed by atoms with van der Waals surface area (Å²) in [6, 6.07) is -0.401. The van der Waals surface area contributed by atoms with Crippen molar-refractivity contribution in [3.8, 4) is 0 Å². The molecule has 1 rings (SSSR count). The smallest absolute Gasteiger partial charge is 0.356 e. The number of nitrogens with zero attached hydrogens (tertiary/aromatic N) is 2. The van der Waals surface area contributed by atoms with Gasteiger partial charge in [-0.05, 0) is 6.42 Å². The molecule has 0 aliphatic heterocycles. The summed E-state index contributed by atoms with van der Waals surface area (Å²) in [6.07, 6.45) is 4.24. The van der Waals surface area contributed by atoms with Crippen LogP contribution in [0.4, 0.5) is 4.79 Å². The maximum atomic E-state index is 11.4. The predicted molar refractivity (Wildman–Crippen MR) is 74.9 cm³/mol. The molecule has 0 spiro atoms. The Balaban J connectivity index is 2.17. The van der Waals surface area contributed by atoms with Crippen LogP contribution in [0.1, 0.15) is 16.9 Å². The minimum absolute atomic E-state index is 0.0281. The topological polar surface area (TPSA) is 130 Å². The van der Waals surface area contributed by atoms with Crippen LogP contribution in [0.3, 0.4) is 0 Å². The molecular formula is C11H18N4O5S. The van der Waals surface area contributed by atoms with Crippen LogP contribution in [0.25, 0.3) is 0 Å². The lowest BCUT2D eigenvalue weighted by Crippen LogP contribution is -2.38. The lowest BCUT2D eigenvalue weighted by atomic mass is 10.5. The molecule has 0 atom stereocenters. The van der Waals surface area contributed by atoms with Crippen molar-refractivity contribution < 1.29 is 23.1 Å². The number of carbonyl (C=O) groups excluding carboxylic acids is 1. The summed E-state index contributed by atoms with van der Waals surface area (Å²) in [4.78, 5) is 25.7. The molecule has 1 heterocycles. The van der Waals surface area contributed by atoms with Gasteiger partial charge in [0.1, 0.15) is 9.84 Å². The maximum absolute atomic E-state index is 11.4.